The Bertz CT molecular complexity index is 915. The molecule has 0 aliphatic rings. The third kappa shape index (κ3) is 6.66. The van der Waals surface area contributed by atoms with Crippen LogP contribution in [0, 0.1) is 0 Å². The molecule has 0 aliphatic carbocycles. The molecule has 27 heavy (non-hydrogen) atoms. The fraction of sp³-hybridized carbons (Fsp3) is 0.176. The van der Waals surface area contributed by atoms with E-state index in [1.165, 1.54) is 19.2 Å². The lowest BCUT2D eigenvalue weighted by atomic mass is 10.3. The lowest BCUT2D eigenvalue weighted by molar-refractivity contribution is -0.146. The van der Waals surface area contributed by atoms with Crippen LogP contribution in [0.25, 0.3) is 0 Å². The van der Waals surface area contributed by atoms with Crippen LogP contribution in [0.5, 0.6) is 5.75 Å². The second kappa shape index (κ2) is 9.49. The molecule has 2 aromatic rings. The Morgan fingerprint density at radius 2 is 1.81 bits per heavy atom. The molecule has 2 aromatic carbocycles. The second-order valence-electron chi connectivity index (χ2n) is 5.22. The number of hydrogen-bond donors (Lipinski definition) is 2. The minimum absolute atomic E-state index is 0.00178. The molecule has 0 saturated carbocycles. The van der Waals surface area contributed by atoms with Gasteiger partial charge in [-0.15, -0.1) is 0 Å². The van der Waals surface area contributed by atoms with E-state index in [0.717, 1.165) is 0 Å². The predicted octanol–water partition coefficient (Wildman–Crippen LogP) is 1.92. The van der Waals surface area contributed by atoms with Crippen molar-refractivity contribution < 1.29 is 27.5 Å². The van der Waals surface area contributed by atoms with Crippen LogP contribution in [0.15, 0.2) is 57.9 Å². The Morgan fingerprint density at radius 3 is 2.44 bits per heavy atom. The van der Waals surface area contributed by atoms with E-state index in [2.05, 4.69) is 26.0 Å². The number of anilines is 1. The van der Waals surface area contributed by atoms with Crippen molar-refractivity contribution in [3.8, 4) is 5.75 Å². The molecule has 0 radical (unpaired) electrons. The Kier molecular flexibility index (Phi) is 7.34. The van der Waals surface area contributed by atoms with E-state index >= 15 is 0 Å². The molecule has 10 heteroatoms. The molecule has 2 rings (SSSR count). The molecule has 0 saturated heterocycles. The molecule has 0 unspecified atom stereocenters. The molecule has 0 heterocycles. The van der Waals surface area contributed by atoms with Crippen LogP contribution in [-0.4, -0.2) is 40.6 Å². The number of benzene rings is 2. The summed E-state index contributed by atoms with van der Waals surface area (Å²) in [5.41, 5.74) is 0.507. The zero-order valence-electron chi connectivity index (χ0n) is 14.3. The summed E-state index contributed by atoms with van der Waals surface area (Å²) < 4.78 is 36.7. The van der Waals surface area contributed by atoms with E-state index < -0.39 is 35.1 Å². The maximum absolute atomic E-state index is 12.1. The maximum atomic E-state index is 12.1. The minimum Gasteiger partial charge on any atom is -0.497 e. The number of halogens is 1. The summed E-state index contributed by atoms with van der Waals surface area (Å²) in [6.45, 7) is -1.13. The van der Waals surface area contributed by atoms with Gasteiger partial charge in [0.25, 0.3) is 5.91 Å². The largest absolute Gasteiger partial charge is 0.497 e. The van der Waals surface area contributed by atoms with Crippen molar-refractivity contribution in [1.29, 1.82) is 0 Å². The monoisotopic (exact) mass is 456 g/mol. The number of carbonyl (C=O) groups excluding carboxylic acids is 2. The second-order valence-corrected chi connectivity index (χ2v) is 7.90. The number of carbonyl (C=O) groups is 2. The number of hydrogen-bond acceptors (Lipinski definition) is 6. The van der Waals surface area contributed by atoms with Gasteiger partial charge in [0.15, 0.2) is 6.61 Å². The summed E-state index contributed by atoms with van der Waals surface area (Å²) in [5, 5.41) is 2.54. The van der Waals surface area contributed by atoms with Gasteiger partial charge in [-0.2, -0.15) is 4.72 Å². The number of ether oxygens (including phenoxy) is 2. The van der Waals surface area contributed by atoms with Crippen LogP contribution in [-0.2, 0) is 24.3 Å². The summed E-state index contributed by atoms with van der Waals surface area (Å²) in [7, 11) is -2.34. The zero-order valence-corrected chi connectivity index (χ0v) is 16.7. The van der Waals surface area contributed by atoms with Gasteiger partial charge in [-0.25, -0.2) is 8.42 Å². The average molecular weight is 457 g/mol. The number of rotatable bonds is 8. The van der Waals surface area contributed by atoms with Gasteiger partial charge in [0.1, 0.15) is 12.3 Å². The van der Waals surface area contributed by atoms with Crippen molar-refractivity contribution in [2.75, 3.05) is 25.6 Å². The number of amides is 1. The predicted molar refractivity (Wildman–Crippen MR) is 102 cm³/mol. The van der Waals surface area contributed by atoms with Crippen molar-refractivity contribution in [3.05, 3.63) is 53.0 Å². The minimum atomic E-state index is -3.86. The topological polar surface area (TPSA) is 111 Å². The first-order chi connectivity index (χ1) is 12.8. The molecule has 0 spiro atoms. The van der Waals surface area contributed by atoms with Crippen molar-refractivity contribution in [2.45, 2.75) is 4.90 Å². The van der Waals surface area contributed by atoms with Crippen molar-refractivity contribution in [3.63, 3.8) is 0 Å². The Labute approximate surface area is 165 Å². The first-order valence-electron chi connectivity index (χ1n) is 7.65. The highest BCUT2D eigenvalue weighted by atomic mass is 79.9. The molecular formula is C17H17BrN2O6S. The molecule has 0 aromatic heterocycles. The van der Waals surface area contributed by atoms with Crippen LogP contribution in [0.2, 0.25) is 0 Å². The van der Waals surface area contributed by atoms with E-state index in [-0.39, 0.29) is 4.90 Å². The summed E-state index contributed by atoms with van der Waals surface area (Å²) in [6.07, 6.45) is 0. The van der Waals surface area contributed by atoms with Gasteiger partial charge in [0, 0.05) is 10.2 Å². The average Bonchev–Trinajstić information content (AvgIpc) is 2.65. The maximum Gasteiger partial charge on any atom is 0.321 e. The van der Waals surface area contributed by atoms with Crippen LogP contribution in [0.4, 0.5) is 5.69 Å². The Hall–Kier alpha value is -2.43. The first-order valence-corrected chi connectivity index (χ1v) is 9.92. The van der Waals surface area contributed by atoms with Gasteiger partial charge in [-0.1, -0.05) is 22.0 Å². The van der Waals surface area contributed by atoms with E-state index in [4.69, 9.17) is 9.47 Å². The number of nitrogens with one attached hydrogen (secondary N) is 2. The van der Waals surface area contributed by atoms with E-state index in [1.54, 1.807) is 36.4 Å². The van der Waals surface area contributed by atoms with E-state index in [9.17, 15) is 18.0 Å². The standard InChI is InChI=1S/C17H17BrN2O6S/c1-25-14-7-5-13(6-8-14)20-16(21)11-26-17(22)10-19-27(23,24)15-4-2-3-12(18)9-15/h2-9,19H,10-11H2,1H3,(H,20,21). The van der Waals surface area contributed by atoms with Crippen molar-refractivity contribution >= 4 is 43.5 Å². The van der Waals surface area contributed by atoms with E-state index in [1.807, 2.05) is 0 Å². The molecule has 144 valence electrons. The smallest absolute Gasteiger partial charge is 0.321 e. The van der Waals surface area contributed by atoms with Gasteiger partial charge in [-0.3, -0.25) is 9.59 Å². The molecule has 0 bridgehead atoms. The fourth-order valence-corrected chi connectivity index (χ4v) is 3.51. The lowest BCUT2D eigenvalue weighted by Crippen LogP contribution is -2.32. The van der Waals surface area contributed by atoms with Crippen LogP contribution >= 0.6 is 15.9 Å². The quantitative estimate of drug-likeness (QED) is 0.586. The molecule has 0 atom stereocenters. The molecule has 8 nitrogen and oxygen atoms in total. The number of sulfonamides is 1. The summed E-state index contributed by atoms with van der Waals surface area (Å²) in [4.78, 5) is 23.4. The fourth-order valence-electron chi connectivity index (χ4n) is 1.94. The first kappa shape index (κ1) is 20.9. The van der Waals surface area contributed by atoms with Crippen LogP contribution in [0.3, 0.4) is 0 Å². The van der Waals surface area contributed by atoms with Gasteiger partial charge in [-0.05, 0) is 42.5 Å². The lowest BCUT2D eigenvalue weighted by Gasteiger charge is -2.09. The normalized spacial score (nSPS) is 10.9. The molecule has 1 amide bonds. The van der Waals surface area contributed by atoms with Gasteiger partial charge in [0.2, 0.25) is 10.0 Å². The molecular weight excluding hydrogens is 440 g/mol. The zero-order chi connectivity index (χ0) is 19.9. The molecule has 2 N–H and O–H groups in total. The van der Waals surface area contributed by atoms with Crippen molar-refractivity contribution in [2.24, 2.45) is 0 Å². The third-order valence-corrected chi connectivity index (χ3v) is 5.14. The summed E-state index contributed by atoms with van der Waals surface area (Å²) in [6, 6.07) is 12.6. The SMILES string of the molecule is COc1ccc(NC(=O)COC(=O)CNS(=O)(=O)c2cccc(Br)c2)cc1. The van der Waals surface area contributed by atoms with E-state index in [0.29, 0.717) is 15.9 Å². The van der Waals surface area contributed by atoms with Gasteiger partial charge in [0.05, 0.1) is 12.0 Å². The highest BCUT2D eigenvalue weighted by molar-refractivity contribution is 9.10. The highest BCUT2D eigenvalue weighted by Gasteiger charge is 2.17. The Morgan fingerprint density at radius 1 is 1.11 bits per heavy atom. The third-order valence-electron chi connectivity index (χ3n) is 3.25. The number of esters is 1. The highest BCUT2D eigenvalue weighted by Crippen LogP contribution is 2.16. The summed E-state index contributed by atoms with van der Waals surface area (Å²) >= 11 is 3.18. The van der Waals surface area contributed by atoms with Crippen LogP contribution in [0.1, 0.15) is 0 Å². The van der Waals surface area contributed by atoms with Crippen molar-refractivity contribution in [1.82, 2.24) is 4.72 Å². The van der Waals surface area contributed by atoms with Gasteiger partial charge < -0.3 is 14.8 Å². The molecule has 0 aliphatic heterocycles. The Balaban J connectivity index is 1.79. The summed E-state index contributed by atoms with van der Waals surface area (Å²) in [5.74, 6) is -0.793. The van der Waals surface area contributed by atoms with Gasteiger partial charge >= 0.3 is 5.97 Å². The van der Waals surface area contributed by atoms with Crippen LogP contribution < -0.4 is 14.8 Å². The molecule has 0 fully saturated rings. The number of methoxy groups -OCH3 is 1.